The summed E-state index contributed by atoms with van der Waals surface area (Å²) in [6.07, 6.45) is 3.13. The molecule has 0 fully saturated rings. The third kappa shape index (κ3) is 3.19. The van der Waals surface area contributed by atoms with Gasteiger partial charge in [-0.3, -0.25) is 4.79 Å². The number of hydrogen-bond acceptors (Lipinski definition) is 4. The molecule has 0 aliphatic rings. The molecule has 18 heavy (non-hydrogen) atoms. The van der Waals surface area contributed by atoms with E-state index in [1.165, 1.54) is 12.3 Å². The summed E-state index contributed by atoms with van der Waals surface area (Å²) in [6, 6.07) is 1.49. The van der Waals surface area contributed by atoms with E-state index in [0.29, 0.717) is 12.1 Å². The van der Waals surface area contributed by atoms with Gasteiger partial charge in [-0.05, 0) is 13.0 Å². The molecule has 4 nitrogen and oxygen atoms in total. The monoisotopic (exact) mass is 301 g/mol. The highest BCUT2D eigenvalue weighted by atomic mass is 35.5. The van der Waals surface area contributed by atoms with Gasteiger partial charge in [0.05, 0.1) is 22.1 Å². The normalized spacial score (nSPS) is 10.4. The summed E-state index contributed by atoms with van der Waals surface area (Å²) in [6.45, 7) is 2.35. The SMILES string of the molecule is Cc1ncc(CNC(=O)c2cnc(Cl)c(Cl)c2)s1. The average Bonchev–Trinajstić information content (AvgIpc) is 2.75. The molecule has 2 heterocycles. The molecule has 0 aromatic carbocycles. The van der Waals surface area contributed by atoms with Crippen LogP contribution in [0, 0.1) is 6.92 Å². The van der Waals surface area contributed by atoms with Crippen molar-refractivity contribution in [3.8, 4) is 0 Å². The summed E-state index contributed by atoms with van der Waals surface area (Å²) in [5.74, 6) is -0.243. The summed E-state index contributed by atoms with van der Waals surface area (Å²) in [4.78, 5) is 20.7. The van der Waals surface area contributed by atoms with E-state index in [-0.39, 0.29) is 16.1 Å². The second kappa shape index (κ2) is 5.65. The number of nitrogens with zero attached hydrogens (tertiary/aromatic N) is 2. The molecule has 2 aromatic rings. The number of nitrogens with one attached hydrogen (secondary N) is 1. The third-order valence-corrected chi connectivity index (χ3v) is 3.75. The molecule has 0 spiro atoms. The fraction of sp³-hybridized carbons (Fsp3) is 0.182. The molecule has 0 aliphatic carbocycles. The number of halogens is 2. The van der Waals surface area contributed by atoms with Gasteiger partial charge >= 0.3 is 0 Å². The van der Waals surface area contributed by atoms with Crippen molar-refractivity contribution >= 4 is 40.4 Å². The van der Waals surface area contributed by atoms with Crippen LogP contribution in [0.15, 0.2) is 18.5 Å². The summed E-state index contributed by atoms with van der Waals surface area (Å²) >= 11 is 13.0. The van der Waals surface area contributed by atoms with E-state index < -0.39 is 0 Å². The highest BCUT2D eigenvalue weighted by Gasteiger charge is 2.09. The maximum Gasteiger partial charge on any atom is 0.253 e. The fourth-order valence-electron chi connectivity index (χ4n) is 1.30. The maximum atomic E-state index is 11.8. The first kappa shape index (κ1) is 13.3. The number of thiazole rings is 1. The summed E-state index contributed by atoms with van der Waals surface area (Å²) in [7, 11) is 0. The van der Waals surface area contributed by atoms with E-state index in [0.717, 1.165) is 9.88 Å². The predicted octanol–water partition coefficient (Wildman–Crippen LogP) is 3.08. The van der Waals surface area contributed by atoms with E-state index in [9.17, 15) is 4.79 Å². The summed E-state index contributed by atoms with van der Waals surface area (Å²) < 4.78 is 0. The number of pyridine rings is 1. The lowest BCUT2D eigenvalue weighted by Gasteiger charge is -2.04. The lowest BCUT2D eigenvalue weighted by Crippen LogP contribution is -2.22. The molecular weight excluding hydrogens is 293 g/mol. The quantitative estimate of drug-likeness (QED) is 0.886. The van der Waals surface area contributed by atoms with Crippen LogP contribution in [0.2, 0.25) is 10.2 Å². The molecule has 94 valence electrons. The van der Waals surface area contributed by atoms with Gasteiger partial charge < -0.3 is 5.32 Å². The molecular formula is C11H9Cl2N3OS. The summed E-state index contributed by atoms with van der Waals surface area (Å²) in [5, 5.41) is 4.18. The minimum Gasteiger partial charge on any atom is -0.347 e. The Morgan fingerprint density at radius 2 is 2.17 bits per heavy atom. The van der Waals surface area contributed by atoms with E-state index in [4.69, 9.17) is 23.2 Å². The zero-order valence-electron chi connectivity index (χ0n) is 9.41. The maximum absolute atomic E-state index is 11.8. The van der Waals surface area contributed by atoms with Crippen molar-refractivity contribution < 1.29 is 4.79 Å². The number of hydrogen-bond donors (Lipinski definition) is 1. The van der Waals surface area contributed by atoms with Crippen molar-refractivity contribution in [1.82, 2.24) is 15.3 Å². The van der Waals surface area contributed by atoms with Crippen molar-refractivity contribution in [2.24, 2.45) is 0 Å². The van der Waals surface area contributed by atoms with Gasteiger partial charge in [-0.15, -0.1) is 11.3 Å². The molecule has 1 amide bonds. The number of aryl methyl sites for hydroxylation is 1. The second-order valence-corrected chi connectivity index (χ2v) is 5.61. The molecule has 0 aliphatic heterocycles. The molecule has 0 bridgehead atoms. The molecule has 0 atom stereocenters. The number of aromatic nitrogens is 2. The van der Waals surface area contributed by atoms with Crippen LogP contribution in [0.1, 0.15) is 20.2 Å². The molecule has 0 saturated heterocycles. The topological polar surface area (TPSA) is 54.9 Å². The van der Waals surface area contributed by atoms with Gasteiger partial charge in [0.25, 0.3) is 5.91 Å². The second-order valence-electron chi connectivity index (χ2n) is 3.52. The number of carbonyl (C=O) groups excluding carboxylic acids is 1. The number of rotatable bonds is 3. The Hall–Kier alpha value is -1.17. The predicted molar refractivity (Wildman–Crippen MR) is 72.3 cm³/mol. The van der Waals surface area contributed by atoms with Crippen LogP contribution in [-0.4, -0.2) is 15.9 Å². The largest absolute Gasteiger partial charge is 0.347 e. The molecule has 0 saturated carbocycles. The Morgan fingerprint density at radius 3 is 2.78 bits per heavy atom. The van der Waals surface area contributed by atoms with Crippen LogP contribution in [0.5, 0.6) is 0 Å². The zero-order valence-corrected chi connectivity index (χ0v) is 11.7. The molecule has 2 rings (SSSR count). The average molecular weight is 302 g/mol. The minimum absolute atomic E-state index is 0.186. The van der Waals surface area contributed by atoms with Crippen molar-refractivity contribution in [3.05, 3.63) is 44.1 Å². The highest BCUT2D eigenvalue weighted by molar-refractivity contribution is 7.11. The fourth-order valence-corrected chi connectivity index (χ4v) is 2.31. The number of amides is 1. The lowest BCUT2D eigenvalue weighted by molar-refractivity contribution is 0.0951. The van der Waals surface area contributed by atoms with Crippen LogP contribution in [0.3, 0.4) is 0 Å². The highest BCUT2D eigenvalue weighted by Crippen LogP contribution is 2.19. The molecule has 0 unspecified atom stereocenters. The van der Waals surface area contributed by atoms with Gasteiger partial charge in [-0.1, -0.05) is 23.2 Å². The Labute approximate surface area is 118 Å². The van der Waals surface area contributed by atoms with Gasteiger partial charge in [0.15, 0.2) is 0 Å². The van der Waals surface area contributed by atoms with E-state index in [1.807, 2.05) is 6.92 Å². The van der Waals surface area contributed by atoms with E-state index >= 15 is 0 Å². The molecule has 1 N–H and O–H groups in total. The van der Waals surface area contributed by atoms with Crippen LogP contribution in [0.4, 0.5) is 0 Å². The Morgan fingerprint density at radius 1 is 1.39 bits per heavy atom. The summed E-state index contributed by atoms with van der Waals surface area (Å²) in [5.41, 5.74) is 0.380. The van der Waals surface area contributed by atoms with Crippen LogP contribution in [-0.2, 0) is 6.54 Å². The number of carbonyl (C=O) groups is 1. The van der Waals surface area contributed by atoms with Crippen molar-refractivity contribution in [2.75, 3.05) is 0 Å². The van der Waals surface area contributed by atoms with E-state index in [2.05, 4.69) is 15.3 Å². The Balaban J connectivity index is 2.01. The van der Waals surface area contributed by atoms with E-state index in [1.54, 1.807) is 17.5 Å². The van der Waals surface area contributed by atoms with Crippen molar-refractivity contribution in [2.45, 2.75) is 13.5 Å². The van der Waals surface area contributed by atoms with Gasteiger partial charge in [0.1, 0.15) is 5.15 Å². The van der Waals surface area contributed by atoms with Crippen molar-refractivity contribution in [3.63, 3.8) is 0 Å². The van der Waals surface area contributed by atoms with Crippen LogP contribution in [0.25, 0.3) is 0 Å². The Kier molecular flexibility index (Phi) is 4.16. The molecule has 7 heteroatoms. The molecule has 0 radical (unpaired) electrons. The third-order valence-electron chi connectivity index (χ3n) is 2.15. The zero-order chi connectivity index (χ0) is 13.1. The van der Waals surface area contributed by atoms with Gasteiger partial charge in [-0.25, -0.2) is 9.97 Å². The van der Waals surface area contributed by atoms with Crippen LogP contribution >= 0.6 is 34.5 Å². The Bertz CT molecular complexity index is 585. The van der Waals surface area contributed by atoms with Gasteiger partial charge in [0, 0.05) is 17.3 Å². The molecule has 2 aromatic heterocycles. The smallest absolute Gasteiger partial charge is 0.253 e. The first-order valence-electron chi connectivity index (χ1n) is 5.07. The first-order chi connectivity index (χ1) is 8.56. The standard InChI is InChI=1S/C11H9Cl2N3OS/c1-6-14-4-8(18-6)5-16-11(17)7-2-9(12)10(13)15-3-7/h2-4H,5H2,1H3,(H,16,17). The van der Waals surface area contributed by atoms with Gasteiger partial charge in [0.2, 0.25) is 0 Å². The van der Waals surface area contributed by atoms with Crippen LogP contribution < -0.4 is 5.32 Å². The first-order valence-corrected chi connectivity index (χ1v) is 6.64. The van der Waals surface area contributed by atoms with Gasteiger partial charge in [-0.2, -0.15) is 0 Å². The van der Waals surface area contributed by atoms with Crippen molar-refractivity contribution in [1.29, 1.82) is 0 Å². The minimum atomic E-state index is -0.243. The lowest BCUT2D eigenvalue weighted by atomic mass is 10.2.